The van der Waals surface area contributed by atoms with Crippen molar-refractivity contribution >= 4 is 11.9 Å². The quantitative estimate of drug-likeness (QED) is 0.0321. The van der Waals surface area contributed by atoms with Gasteiger partial charge in [-0.25, -0.2) is 0 Å². The minimum Gasteiger partial charge on any atom is -0.466 e. The summed E-state index contributed by atoms with van der Waals surface area (Å²) in [6, 6.07) is -0.627. The van der Waals surface area contributed by atoms with Crippen LogP contribution >= 0.6 is 0 Å². The van der Waals surface area contributed by atoms with Crippen LogP contribution in [0.5, 0.6) is 0 Å². The molecule has 0 aliphatic heterocycles. The van der Waals surface area contributed by atoms with E-state index in [9.17, 15) is 19.8 Å². The predicted molar refractivity (Wildman–Crippen MR) is 273 cm³/mol. The normalized spacial score (nSPS) is 12.9. The largest absolute Gasteiger partial charge is 0.466 e. The van der Waals surface area contributed by atoms with Gasteiger partial charge in [0.05, 0.1) is 25.4 Å². The van der Waals surface area contributed by atoms with Crippen LogP contribution in [0.3, 0.4) is 0 Å². The van der Waals surface area contributed by atoms with Crippen molar-refractivity contribution in [2.24, 2.45) is 0 Å². The highest BCUT2D eigenvalue weighted by molar-refractivity contribution is 5.76. The summed E-state index contributed by atoms with van der Waals surface area (Å²) in [4.78, 5) is 24.3. The standard InChI is InChI=1S/C57H107NO5/c1-3-5-7-9-11-13-30-35-39-43-47-51-57(62)63-52-48-44-40-36-32-29-27-25-23-21-19-17-15-14-16-18-20-22-24-26-28-31-34-38-42-46-50-56(61)58-54(53-59)55(60)49-45-41-37-33-12-10-8-6-4-2/h9,11,14,16,45,49,54-55,59-60H,3-8,10,12-13,15,17-44,46-48,50-53H2,1-2H3,(H,58,61)/b11-9-,16-14-,49-45+. The molecule has 6 heteroatoms. The number of amides is 1. The van der Waals surface area contributed by atoms with E-state index in [1.54, 1.807) is 6.08 Å². The molecule has 0 radical (unpaired) electrons. The first-order valence-electron chi connectivity index (χ1n) is 27.8. The van der Waals surface area contributed by atoms with Crippen LogP contribution in [-0.4, -0.2) is 47.4 Å². The Hall–Kier alpha value is -1.92. The fourth-order valence-electron chi connectivity index (χ4n) is 8.31. The van der Waals surface area contributed by atoms with E-state index in [1.807, 2.05) is 6.08 Å². The van der Waals surface area contributed by atoms with Crippen molar-refractivity contribution in [3.63, 3.8) is 0 Å². The zero-order chi connectivity index (χ0) is 45.8. The minimum absolute atomic E-state index is 0.00213. The Bertz CT molecular complexity index is 1020. The second-order valence-electron chi connectivity index (χ2n) is 18.9. The third-order valence-corrected chi connectivity index (χ3v) is 12.6. The number of esters is 1. The maximum absolute atomic E-state index is 12.4. The molecule has 0 aromatic carbocycles. The molecule has 370 valence electrons. The van der Waals surface area contributed by atoms with Crippen LogP contribution in [0.25, 0.3) is 0 Å². The van der Waals surface area contributed by atoms with Crippen molar-refractivity contribution in [1.29, 1.82) is 0 Å². The summed E-state index contributed by atoms with van der Waals surface area (Å²) in [5.74, 6) is -0.0708. The third-order valence-electron chi connectivity index (χ3n) is 12.6. The lowest BCUT2D eigenvalue weighted by Gasteiger charge is -2.20. The van der Waals surface area contributed by atoms with Crippen LogP contribution in [0.1, 0.15) is 290 Å². The average Bonchev–Trinajstić information content (AvgIpc) is 3.28. The molecule has 0 saturated heterocycles. The monoisotopic (exact) mass is 886 g/mol. The van der Waals surface area contributed by atoms with Gasteiger partial charge in [-0.2, -0.15) is 0 Å². The van der Waals surface area contributed by atoms with Gasteiger partial charge in [0.1, 0.15) is 0 Å². The number of aliphatic hydroxyl groups excluding tert-OH is 2. The topological polar surface area (TPSA) is 95.9 Å². The molecule has 1 amide bonds. The van der Waals surface area contributed by atoms with E-state index in [1.165, 1.54) is 218 Å². The molecular weight excluding hydrogens is 779 g/mol. The molecule has 0 heterocycles. The maximum Gasteiger partial charge on any atom is 0.305 e. The van der Waals surface area contributed by atoms with Gasteiger partial charge in [-0.1, -0.05) is 237 Å². The number of allylic oxidation sites excluding steroid dienone is 5. The maximum atomic E-state index is 12.4. The second-order valence-corrected chi connectivity index (χ2v) is 18.9. The highest BCUT2D eigenvalue weighted by Crippen LogP contribution is 2.16. The summed E-state index contributed by atoms with van der Waals surface area (Å²) in [5, 5.41) is 22.9. The summed E-state index contributed by atoms with van der Waals surface area (Å²) in [5.41, 5.74) is 0. The van der Waals surface area contributed by atoms with Gasteiger partial charge in [0.15, 0.2) is 0 Å². The molecule has 0 saturated carbocycles. The Balaban J connectivity index is 3.39. The first-order chi connectivity index (χ1) is 31.0. The molecule has 2 atom stereocenters. The first kappa shape index (κ1) is 61.1. The fraction of sp³-hybridized carbons (Fsp3) is 0.860. The molecule has 0 bridgehead atoms. The highest BCUT2D eigenvalue weighted by atomic mass is 16.5. The molecule has 0 aromatic heterocycles. The van der Waals surface area contributed by atoms with Gasteiger partial charge in [0.25, 0.3) is 0 Å². The van der Waals surface area contributed by atoms with Crippen molar-refractivity contribution in [3.8, 4) is 0 Å². The average molecular weight is 886 g/mol. The van der Waals surface area contributed by atoms with Crippen LogP contribution in [0.4, 0.5) is 0 Å². The summed E-state index contributed by atoms with van der Waals surface area (Å²) in [6.45, 7) is 4.83. The molecule has 0 aliphatic carbocycles. The van der Waals surface area contributed by atoms with Crippen LogP contribution in [0.15, 0.2) is 36.5 Å². The zero-order valence-corrected chi connectivity index (χ0v) is 42.1. The van der Waals surface area contributed by atoms with Crippen LogP contribution in [0.2, 0.25) is 0 Å². The Labute approximate surface area is 392 Å². The molecule has 0 aromatic rings. The molecule has 0 aliphatic rings. The fourth-order valence-corrected chi connectivity index (χ4v) is 8.31. The molecule has 6 nitrogen and oxygen atoms in total. The van der Waals surface area contributed by atoms with Crippen molar-refractivity contribution in [1.82, 2.24) is 5.32 Å². The van der Waals surface area contributed by atoms with Gasteiger partial charge in [-0.3, -0.25) is 9.59 Å². The number of carbonyl (C=O) groups excluding carboxylic acids is 2. The Morgan fingerprint density at radius 1 is 0.429 bits per heavy atom. The van der Waals surface area contributed by atoms with Crippen molar-refractivity contribution in [2.75, 3.05) is 13.2 Å². The number of aliphatic hydroxyl groups is 2. The van der Waals surface area contributed by atoms with E-state index >= 15 is 0 Å². The van der Waals surface area contributed by atoms with Crippen LogP contribution < -0.4 is 5.32 Å². The molecule has 63 heavy (non-hydrogen) atoms. The number of nitrogens with one attached hydrogen (secondary N) is 1. The van der Waals surface area contributed by atoms with Gasteiger partial charge >= 0.3 is 5.97 Å². The molecule has 3 N–H and O–H groups in total. The lowest BCUT2D eigenvalue weighted by molar-refractivity contribution is -0.143. The van der Waals surface area contributed by atoms with E-state index in [0.29, 0.717) is 19.4 Å². The number of carbonyl (C=O) groups is 2. The van der Waals surface area contributed by atoms with Crippen molar-refractivity contribution in [3.05, 3.63) is 36.5 Å². The molecule has 0 rings (SSSR count). The number of hydrogen-bond acceptors (Lipinski definition) is 5. The van der Waals surface area contributed by atoms with Gasteiger partial charge < -0.3 is 20.3 Å². The highest BCUT2D eigenvalue weighted by Gasteiger charge is 2.18. The lowest BCUT2D eigenvalue weighted by Crippen LogP contribution is -2.45. The number of ether oxygens (including phenoxy) is 1. The predicted octanol–water partition coefficient (Wildman–Crippen LogP) is 16.9. The third kappa shape index (κ3) is 49.4. The Morgan fingerprint density at radius 2 is 0.762 bits per heavy atom. The SMILES string of the molecule is CCCC/C=C\CCCCCCCC(=O)OCCCCCCCCCCCCCC/C=C\CCCCCCCCCCCCC(=O)NC(CO)C(O)/C=C/CCCCCCCCC. The summed E-state index contributed by atoms with van der Waals surface area (Å²) in [6.07, 6.45) is 64.7. The van der Waals surface area contributed by atoms with E-state index in [2.05, 4.69) is 43.5 Å². The molecule has 0 spiro atoms. The first-order valence-corrected chi connectivity index (χ1v) is 27.8. The number of unbranched alkanes of at least 4 members (excludes halogenated alkanes) is 36. The minimum atomic E-state index is -0.843. The number of rotatable bonds is 51. The Kier molecular flexibility index (Phi) is 51.1. The van der Waals surface area contributed by atoms with Crippen LogP contribution in [0, 0.1) is 0 Å². The van der Waals surface area contributed by atoms with Gasteiger partial charge in [0.2, 0.25) is 5.91 Å². The summed E-state index contributed by atoms with van der Waals surface area (Å²) < 4.78 is 5.45. The zero-order valence-electron chi connectivity index (χ0n) is 42.1. The van der Waals surface area contributed by atoms with E-state index in [0.717, 1.165) is 44.9 Å². The van der Waals surface area contributed by atoms with Gasteiger partial charge in [-0.05, 0) is 77.0 Å². The smallest absolute Gasteiger partial charge is 0.305 e. The molecular formula is C57H107NO5. The summed E-state index contributed by atoms with van der Waals surface area (Å²) >= 11 is 0. The van der Waals surface area contributed by atoms with Crippen molar-refractivity contribution < 1.29 is 24.5 Å². The lowest BCUT2D eigenvalue weighted by atomic mass is 10.0. The van der Waals surface area contributed by atoms with E-state index in [4.69, 9.17) is 4.74 Å². The van der Waals surface area contributed by atoms with E-state index < -0.39 is 12.1 Å². The summed E-state index contributed by atoms with van der Waals surface area (Å²) in [7, 11) is 0. The number of hydrogen-bond donors (Lipinski definition) is 3. The Morgan fingerprint density at radius 3 is 1.17 bits per heavy atom. The van der Waals surface area contributed by atoms with Gasteiger partial charge in [0, 0.05) is 12.8 Å². The van der Waals surface area contributed by atoms with Crippen molar-refractivity contribution in [2.45, 2.75) is 302 Å². The van der Waals surface area contributed by atoms with Gasteiger partial charge in [-0.15, -0.1) is 0 Å². The van der Waals surface area contributed by atoms with E-state index in [-0.39, 0.29) is 18.5 Å². The second kappa shape index (κ2) is 52.7. The molecule has 2 unspecified atom stereocenters. The van der Waals surface area contributed by atoms with Crippen LogP contribution in [-0.2, 0) is 14.3 Å². The molecule has 0 fully saturated rings.